The number of nitrogens with two attached hydrogens (primary N) is 2. The summed E-state index contributed by atoms with van der Waals surface area (Å²) >= 11 is 0. The Morgan fingerprint density at radius 1 is 1.04 bits per heavy atom. The molecule has 15 heteroatoms. The van der Waals surface area contributed by atoms with Gasteiger partial charge < -0.3 is 40.3 Å². The van der Waals surface area contributed by atoms with E-state index in [1.54, 1.807) is 23.1 Å². The molecule has 2 aromatic carbocycles. The molecule has 1 amide bonds. The molecule has 1 spiro atoms. The van der Waals surface area contributed by atoms with E-state index in [1.165, 1.54) is 11.7 Å². The largest absolute Gasteiger partial charge is 0.465 e. The van der Waals surface area contributed by atoms with Crippen LogP contribution in [-0.4, -0.2) is 93.5 Å². The standard InChI is InChI=1S/C33H40N8O7/c1-3-4-12-46-30-37-27(35)26-28(38-30)41(31(43)36-26)16-23-8-5-22(14-25(23)29(42)45-2)15-39-18-33(19-39)20-40(11-13-48-33)32(44)47-17-21-6-9-24(34)10-7-21/h5-10,14H,3-4,11-13,15-20,34H2,1-2H3,(H,36,43)(H2,35,37,38). The third-order valence-corrected chi connectivity index (χ3v) is 8.55. The summed E-state index contributed by atoms with van der Waals surface area (Å²) in [6.07, 6.45) is 1.38. The summed E-state index contributed by atoms with van der Waals surface area (Å²) in [5.41, 5.74) is 14.8. The van der Waals surface area contributed by atoms with Crippen LogP contribution >= 0.6 is 0 Å². The van der Waals surface area contributed by atoms with Gasteiger partial charge in [-0.1, -0.05) is 37.6 Å². The summed E-state index contributed by atoms with van der Waals surface area (Å²) in [7, 11) is 1.32. The van der Waals surface area contributed by atoms with Gasteiger partial charge in [0.25, 0.3) is 0 Å². The molecule has 0 atom stereocenters. The molecular formula is C33H40N8O7. The number of hydrogen-bond acceptors (Lipinski definition) is 12. The molecule has 15 nitrogen and oxygen atoms in total. The molecular weight excluding hydrogens is 620 g/mol. The number of methoxy groups -OCH3 is 1. The Bertz CT molecular complexity index is 1850. The number of nitrogens with one attached hydrogen (secondary N) is 1. The monoisotopic (exact) mass is 660 g/mol. The molecule has 0 radical (unpaired) electrons. The number of esters is 1. The summed E-state index contributed by atoms with van der Waals surface area (Å²) in [5.74, 6) is -0.431. The first-order chi connectivity index (χ1) is 23.2. The average molecular weight is 661 g/mol. The van der Waals surface area contributed by atoms with Gasteiger partial charge in [0.05, 0.1) is 39.0 Å². The number of H-pyrrole nitrogens is 1. The van der Waals surface area contributed by atoms with Crippen molar-refractivity contribution in [2.24, 2.45) is 0 Å². The van der Waals surface area contributed by atoms with Crippen LogP contribution < -0.4 is 21.9 Å². The SMILES string of the molecule is CCCCOc1nc(N)c2[nH]c(=O)n(Cc3ccc(CN4CC5(C4)CN(C(=O)OCc4ccc(N)cc4)CCO5)cc3C(=O)OC)c2n1. The third kappa shape index (κ3) is 7.06. The van der Waals surface area contributed by atoms with Crippen molar-refractivity contribution in [1.29, 1.82) is 0 Å². The van der Waals surface area contributed by atoms with Crippen molar-refractivity contribution in [3.63, 3.8) is 0 Å². The first kappa shape index (κ1) is 32.8. The van der Waals surface area contributed by atoms with Crippen LogP contribution in [0.5, 0.6) is 6.01 Å². The molecule has 2 aromatic heterocycles. The zero-order chi connectivity index (χ0) is 33.8. The second-order valence-corrected chi connectivity index (χ2v) is 12.2. The van der Waals surface area contributed by atoms with Crippen molar-refractivity contribution in [2.75, 3.05) is 58.0 Å². The van der Waals surface area contributed by atoms with Gasteiger partial charge in [0.2, 0.25) is 0 Å². The molecule has 0 saturated carbocycles. The highest BCUT2D eigenvalue weighted by Gasteiger charge is 2.48. The van der Waals surface area contributed by atoms with E-state index in [2.05, 4.69) is 19.9 Å². The number of rotatable bonds is 11. The van der Waals surface area contributed by atoms with E-state index in [0.717, 1.165) is 24.0 Å². The van der Waals surface area contributed by atoms with E-state index >= 15 is 0 Å². The summed E-state index contributed by atoms with van der Waals surface area (Å²) in [6.45, 7) is 5.74. The quantitative estimate of drug-likeness (QED) is 0.121. The fraction of sp³-hybridized carbons (Fsp3) is 0.424. The predicted molar refractivity (Wildman–Crippen MR) is 176 cm³/mol. The number of morpholine rings is 1. The van der Waals surface area contributed by atoms with Crippen LogP contribution in [0.4, 0.5) is 16.3 Å². The maximum Gasteiger partial charge on any atom is 0.410 e. The van der Waals surface area contributed by atoms with Gasteiger partial charge in [-0.15, -0.1) is 0 Å². The summed E-state index contributed by atoms with van der Waals surface area (Å²) in [5, 5.41) is 0. The maximum absolute atomic E-state index is 13.0. The number of benzene rings is 2. The third-order valence-electron chi connectivity index (χ3n) is 8.55. The van der Waals surface area contributed by atoms with Crippen molar-refractivity contribution in [2.45, 2.75) is 45.1 Å². The number of carbonyl (C=O) groups is 2. The second kappa shape index (κ2) is 13.9. The first-order valence-electron chi connectivity index (χ1n) is 15.9. The first-order valence-corrected chi connectivity index (χ1v) is 15.9. The number of likely N-dealkylation sites (tertiary alicyclic amines) is 1. The molecule has 0 bridgehead atoms. The van der Waals surface area contributed by atoms with Gasteiger partial charge in [0.1, 0.15) is 17.7 Å². The smallest absolute Gasteiger partial charge is 0.410 e. The van der Waals surface area contributed by atoms with Crippen LogP contribution in [0.2, 0.25) is 0 Å². The van der Waals surface area contributed by atoms with E-state index in [9.17, 15) is 14.4 Å². The molecule has 0 aliphatic carbocycles. The van der Waals surface area contributed by atoms with Gasteiger partial charge in [-0.3, -0.25) is 9.47 Å². The highest BCUT2D eigenvalue weighted by molar-refractivity contribution is 5.91. The highest BCUT2D eigenvalue weighted by Crippen LogP contribution is 2.31. The van der Waals surface area contributed by atoms with Crippen molar-refractivity contribution in [3.05, 3.63) is 75.2 Å². The van der Waals surface area contributed by atoms with Gasteiger partial charge in [-0.2, -0.15) is 9.97 Å². The number of anilines is 2. The van der Waals surface area contributed by atoms with E-state index in [1.807, 2.05) is 31.2 Å². The Labute approximate surface area is 276 Å². The van der Waals surface area contributed by atoms with Crippen LogP contribution in [0.25, 0.3) is 11.2 Å². The minimum atomic E-state index is -0.527. The predicted octanol–water partition coefficient (Wildman–Crippen LogP) is 2.52. The topological polar surface area (TPSA) is 193 Å². The number of nitrogen functional groups attached to an aromatic ring is 2. The van der Waals surface area contributed by atoms with E-state index in [-0.39, 0.29) is 36.7 Å². The number of aromatic nitrogens is 4. The molecule has 254 valence electrons. The molecule has 5 N–H and O–H groups in total. The van der Waals surface area contributed by atoms with Gasteiger partial charge >= 0.3 is 23.8 Å². The van der Waals surface area contributed by atoms with Crippen molar-refractivity contribution < 1.29 is 28.5 Å². The number of fused-ring (bicyclic) bond motifs is 1. The Hall–Kier alpha value is -5.15. The Morgan fingerprint density at radius 3 is 2.56 bits per heavy atom. The minimum Gasteiger partial charge on any atom is -0.465 e. The van der Waals surface area contributed by atoms with E-state index < -0.39 is 17.3 Å². The fourth-order valence-electron chi connectivity index (χ4n) is 6.06. The lowest BCUT2D eigenvalue weighted by atomic mass is 9.91. The Kier molecular flexibility index (Phi) is 9.50. The zero-order valence-corrected chi connectivity index (χ0v) is 27.1. The molecule has 4 aromatic rings. The molecule has 6 rings (SSSR count). The number of carbonyl (C=O) groups excluding carboxylic acids is 2. The molecule has 0 unspecified atom stereocenters. The van der Waals surface area contributed by atoms with Gasteiger partial charge in [-0.05, 0) is 41.3 Å². The number of ether oxygens (including phenoxy) is 4. The summed E-state index contributed by atoms with van der Waals surface area (Å²) in [6, 6.07) is 12.8. The number of unbranched alkanes of at least 4 members (excludes halogenated alkanes) is 1. The number of hydrogen-bond donors (Lipinski definition) is 3. The van der Waals surface area contributed by atoms with E-state index in [4.69, 9.17) is 30.4 Å². The average Bonchev–Trinajstić information content (AvgIpc) is 3.39. The normalized spacial score (nSPS) is 15.8. The molecule has 2 aliphatic rings. The number of nitrogens with zero attached hydrogens (tertiary/aromatic N) is 5. The van der Waals surface area contributed by atoms with Crippen LogP contribution in [0.15, 0.2) is 47.3 Å². The number of amides is 1. The fourth-order valence-corrected chi connectivity index (χ4v) is 6.06. The van der Waals surface area contributed by atoms with Gasteiger partial charge in [0, 0.05) is 31.9 Å². The van der Waals surface area contributed by atoms with Crippen LogP contribution in [0.1, 0.15) is 46.8 Å². The second-order valence-electron chi connectivity index (χ2n) is 12.2. The van der Waals surface area contributed by atoms with Crippen LogP contribution in [0.3, 0.4) is 0 Å². The Morgan fingerprint density at radius 2 is 1.81 bits per heavy atom. The summed E-state index contributed by atoms with van der Waals surface area (Å²) < 4.78 is 23.8. The van der Waals surface area contributed by atoms with Crippen LogP contribution in [0, 0.1) is 0 Å². The van der Waals surface area contributed by atoms with Crippen molar-refractivity contribution >= 4 is 34.7 Å². The molecule has 2 aliphatic heterocycles. The van der Waals surface area contributed by atoms with Crippen molar-refractivity contribution in [3.8, 4) is 6.01 Å². The lowest BCUT2D eigenvalue weighted by molar-refractivity contribution is -0.181. The summed E-state index contributed by atoms with van der Waals surface area (Å²) in [4.78, 5) is 53.9. The van der Waals surface area contributed by atoms with Gasteiger partial charge in [-0.25, -0.2) is 14.4 Å². The van der Waals surface area contributed by atoms with Crippen molar-refractivity contribution in [1.82, 2.24) is 29.3 Å². The maximum atomic E-state index is 13.0. The lowest BCUT2D eigenvalue weighted by Gasteiger charge is -2.53. The molecule has 48 heavy (non-hydrogen) atoms. The Balaban J connectivity index is 1.11. The van der Waals surface area contributed by atoms with Crippen LogP contribution in [-0.2, 0) is 33.9 Å². The number of aromatic amines is 1. The molecule has 2 fully saturated rings. The molecule has 2 saturated heterocycles. The number of imidazole rings is 1. The van der Waals surface area contributed by atoms with E-state index in [0.29, 0.717) is 68.3 Å². The lowest BCUT2D eigenvalue weighted by Crippen LogP contribution is -2.70. The van der Waals surface area contributed by atoms with Gasteiger partial charge in [0.15, 0.2) is 11.5 Å². The molecule has 4 heterocycles. The minimum absolute atomic E-state index is 0.0410. The zero-order valence-electron chi connectivity index (χ0n) is 27.1. The highest BCUT2D eigenvalue weighted by atomic mass is 16.6.